The molecule has 210 valence electrons. The van der Waals surface area contributed by atoms with Crippen LogP contribution in [0, 0.1) is 0 Å². The molecule has 4 N–H and O–H groups in total. The lowest BCUT2D eigenvalue weighted by Gasteiger charge is -2.18. The van der Waals surface area contributed by atoms with Crippen LogP contribution < -0.4 is 15.4 Å². The number of sulfonamides is 1. The number of rotatable bonds is 10. The minimum atomic E-state index is -4.12. The van der Waals surface area contributed by atoms with Crippen molar-refractivity contribution in [3.8, 4) is 11.1 Å². The van der Waals surface area contributed by atoms with Crippen molar-refractivity contribution in [2.45, 2.75) is 24.3 Å². The lowest BCUT2D eigenvalue weighted by atomic mass is 10.0. The third-order valence-electron chi connectivity index (χ3n) is 6.06. The number of anilines is 2. The fraction of sp³-hybridized carbons (Fsp3) is 0.100. The van der Waals surface area contributed by atoms with E-state index in [1.165, 1.54) is 43.3 Å². The maximum absolute atomic E-state index is 13.3. The van der Waals surface area contributed by atoms with Crippen molar-refractivity contribution in [2.24, 2.45) is 0 Å². The van der Waals surface area contributed by atoms with Gasteiger partial charge in [0.15, 0.2) is 0 Å². The molecule has 0 spiro atoms. The number of benzene rings is 4. The summed E-state index contributed by atoms with van der Waals surface area (Å²) >= 11 is 3.28. The summed E-state index contributed by atoms with van der Waals surface area (Å²) < 4.78 is 29.0. The summed E-state index contributed by atoms with van der Waals surface area (Å²) in [7, 11) is -4.12. The maximum atomic E-state index is 13.3. The Kier molecular flexibility index (Phi) is 9.21. The minimum absolute atomic E-state index is 0.0197. The number of hydrogen-bond donors (Lipinski definition) is 4. The topological polar surface area (TPSA) is 142 Å². The van der Waals surface area contributed by atoms with Gasteiger partial charge in [0, 0.05) is 23.5 Å². The lowest BCUT2D eigenvalue weighted by Crippen LogP contribution is -2.42. The first kappa shape index (κ1) is 29.5. The average Bonchev–Trinajstić information content (AvgIpc) is 2.94. The highest BCUT2D eigenvalue weighted by molar-refractivity contribution is 9.10. The number of carbonyl (C=O) groups is 3. The number of carbonyl (C=O) groups excluding carboxylic acids is 2. The maximum Gasteiger partial charge on any atom is 0.326 e. The molecule has 0 aromatic heterocycles. The van der Waals surface area contributed by atoms with E-state index < -0.39 is 27.9 Å². The molecule has 4 aromatic rings. The van der Waals surface area contributed by atoms with Crippen LogP contribution in [0.25, 0.3) is 11.1 Å². The van der Waals surface area contributed by atoms with Crippen LogP contribution in [0.3, 0.4) is 0 Å². The van der Waals surface area contributed by atoms with E-state index in [9.17, 15) is 27.9 Å². The van der Waals surface area contributed by atoms with Crippen LogP contribution in [0.5, 0.6) is 0 Å². The Labute approximate surface area is 245 Å². The van der Waals surface area contributed by atoms with Crippen molar-refractivity contribution < 1.29 is 27.9 Å². The zero-order valence-electron chi connectivity index (χ0n) is 21.8. The fourth-order valence-electron chi connectivity index (χ4n) is 4.05. The molecule has 0 aliphatic carbocycles. The predicted molar refractivity (Wildman–Crippen MR) is 160 cm³/mol. The largest absolute Gasteiger partial charge is 0.480 e. The van der Waals surface area contributed by atoms with E-state index in [4.69, 9.17) is 0 Å². The standard InChI is InChI=1S/C30H26BrN3O6S/c1-19(35)32-24-12-14-25(15-13-24)41(39,40)34-27-16-11-23(31)18-26(27)29(36)33-28(30(37)38)17-20-7-9-22(10-8-20)21-5-3-2-4-6-21/h2-16,18,28,34H,17H2,1H3,(H,32,35)(H,33,36)(H,37,38). The quantitative estimate of drug-likeness (QED) is 0.186. The number of aliphatic carboxylic acids is 1. The summed E-state index contributed by atoms with van der Waals surface area (Å²) in [6.07, 6.45) is 0.0197. The first-order valence-electron chi connectivity index (χ1n) is 12.4. The first-order chi connectivity index (χ1) is 19.5. The van der Waals surface area contributed by atoms with Gasteiger partial charge in [-0.3, -0.25) is 14.3 Å². The molecule has 0 radical (unpaired) electrons. The molecule has 1 atom stereocenters. The van der Waals surface area contributed by atoms with Crippen molar-refractivity contribution in [3.05, 3.63) is 113 Å². The predicted octanol–water partition coefficient (Wildman–Crippen LogP) is 5.30. The van der Waals surface area contributed by atoms with Gasteiger partial charge in [0.1, 0.15) is 6.04 Å². The first-order valence-corrected chi connectivity index (χ1v) is 14.7. The van der Waals surface area contributed by atoms with Gasteiger partial charge in [0.25, 0.3) is 15.9 Å². The SMILES string of the molecule is CC(=O)Nc1ccc(S(=O)(=O)Nc2ccc(Br)cc2C(=O)NC(Cc2ccc(-c3ccccc3)cc2)C(=O)O)cc1. The van der Waals surface area contributed by atoms with Gasteiger partial charge in [0.05, 0.1) is 16.1 Å². The van der Waals surface area contributed by atoms with Crippen LogP contribution >= 0.6 is 15.9 Å². The number of carboxylic acids is 1. The average molecular weight is 637 g/mol. The molecule has 4 rings (SSSR count). The molecule has 0 bridgehead atoms. The van der Waals surface area contributed by atoms with Crippen LogP contribution in [0.15, 0.2) is 106 Å². The smallest absolute Gasteiger partial charge is 0.326 e. The van der Waals surface area contributed by atoms with Gasteiger partial charge in [-0.2, -0.15) is 0 Å². The van der Waals surface area contributed by atoms with Gasteiger partial charge in [-0.25, -0.2) is 13.2 Å². The summed E-state index contributed by atoms with van der Waals surface area (Å²) in [5.74, 6) is -2.30. The lowest BCUT2D eigenvalue weighted by molar-refractivity contribution is -0.139. The monoisotopic (exact) mass is 635 g/mol. The molecule has 9 nitrogen and oxygen atoms in total. The Morgan fingerprint density at radius 1 is 0.854 bits per heavy atom. The van der Waals surface area contributed by atoms with Gasteiger partial charge in [-0.05, 0) is 59.2 Å². The van der Waals surface area contributed by atoms with E-state index in [-0.39, 0.29) is 28.5 Å². The molecule has 0 saturated carbocycles. The van der Waals surface area contributed by atoms with Gasteiger partial charge in [-0.15, -0.1) is 0 Å². The molecule has 2 amide bonds. The Balaban J connectivity index is 1.52. The van der Waals surface area contributed by atoms with Crippen molar-refractivity contribution in [1.82, 2.24) is 5.32 Å². The van der Waals surface area contributed by atoms with Crippen LogP contribution in [0.2, 0.25) is 0 Å². The molecular weight excluding hydrogens is 610 g/mol. The van der Waals surface area contributed by atoms with Gasteiger partial charge >= 0.3 is 5.97 Å². The Morgan fingerprint density at radius 2 is 1.49 bits per heavy atom. The third-order valence-corrected chi connectivity index (χ3v) is 7.93. The van der Waals surface area contributed by atoms with Crippen LogP contribution in [0.4, 0.5) is 11.4 Å². The number of nitrogens with one attached hydrogen (secondary N) is 3. The number of hydrogen-bond acceptors (Lipinski definition) is 5. The molecule has 1 unspecified atom stereocenters. The molecule has 0 aliphatic heterocycles. The van der Waals surface area contributed by atoms with E-state index in [1.807, 2.05) is 42.5 Å². The number of amides is 2. The van der Waals surface area contributed by atoms with Gasteiger partial charge in [-0.1, -0.05) is 70.5 Å². The fourth-order valence-corrected chi connectivity index (χ4v) is 5.49. The molecule has 11 heteroatoms. The van der Waals surface area contributed by atoms with Crippen LogP contribution in [-0.2, 0) is 26.0 Å². The highest BCUT2D eigenvalue weighted by Crippen LogP contribution is 2.25. The molecule has 41 heavy (non-hydrogen) atoms. The summed E-state index contributed by atoms with van der Waals surface area (Å²) in [6, 6.07) is 25.7. The van der Waals surface area contributed by atoms with E-state index in [1.54, 1.807) is 18.2 Å². The zero-order valence-corrected chi connectivity index (χ0v) is 24.2. The molecule has 4 aromatic carbocycles. The van der Waals surface area contributed by atoms with Crippen molar-refractivity contribution in [3.63, 3.8) is 0 Å². The Hall–Kier alpha value is -4.48. The normalized spacial score (nSPS) is 11.8. The summed E-state index contributed by atoms with van der Waals surface area (Å²) in [5, 5.41) is 14.9. The highest BCUT2D eigenvalue weighted by Gasteiger charge is 2.25. The van der Waals surface area contributed by atoms with Gasteiger partial charge in [0.2, 0.25) is 5.91 Å². The van der Waals surface area contributed by atoms with Crippen molar-refractivity contribution >= 4 is 55.1 Å². The van der Waals surface area contributed by atoms with E-state index in [0.29, 0.717) is 15.7 Å². The molecular formula is C30H26BrN3O6S. The van der Waals surface area contributed by atoms with Crippen molar-refractivity contribution in [1.29, 1.82) is 0 Å². The Morgan fingerprint density at radius 3 is 2.10 bits per heavy atom. The van der Waals surface area contributed by atoms with Crippen LogP contribution in [0.1, 0.15) is 22.8 Å². The Bertz CT molecular complexity index is 1680. The number of carboxylic acid groups (broad SMARTS) is 1. The van der Waals surface area contributed by atoms with Gasteiger partial charge < -0.3 is 15.7 Å². The zero-order chi connectivity index (χ0) is 29.6. The summed E-state index contributed by atoms with van der Waals surface area (Å²) in [6.45, 7) is 1.34. The van der Waals surface area contributed by atoms with E-state index in [0.717, 1.165) is 11.1 Å². The molecule has 0 heterocycles. The molecule has 0 fully saturated rings. The summed E-state index contributed by atoms with van der Waals surface area (Å²) in [5.41, 5.74) is 3.03. The number of halogens is 1. The van der Waals surface area contributed by atoms with Crippen molar-refractivity contribution in [2.75, 3.05) is 10.0 Å². The second-order valence-corrected chi connectivity index (χ2v) is 11.7. The van der Waals surface area contributed by atoms with E-state index >= 15 is 0 Å². The molecule has 0 saturated heterocycles. The summed E-state index contributed by atoms with van der Waals surface area (Å²) in [4.78, 5) is 36.5. The second kappa shape index (κ2) is 12.8. The minimum Gasteiger partial charge on any atom is -0.480 e. The second-order valence-electron chi connectivity index (χ2n) is 9.13. The van der Waals surface area contributed by atoms with E-state index in [2.05, 4.69) is 31.3 Å². The highest BCUT2D eigenvalue weighted by atomic mass is 79.9. The molecule has 0 aliphatic rings. The van der Waals surface area contributed by atoms with Crippen LogP contribution in [-0.4, -0.2) is 37.3 Å². The third kappa shape index (κ3) is 7.80.